The van der Waals surface area contributed by atoms with Gasteiger partial charge in [0.25, 0.3) is 0 Å². The first-order valence-corrected chi connectivity index (χ1v) is 10.0. The first kappa shape index (κ1) is 17.1. The van der Waals surface area contributed by atoms with E-state index in [-0.39, 0.29) is 0 Å². The van der Waals surface area contributed by atoms with Crippen molar-refractivity contribution < 1.29 is 0 Å². The predicted molar refractivity (Wildman–Crippen MR) is 111 cm³/mol. The number of hydrogen-bond donors (Lipinski definition) is 1. The highest BCUT2D eigenvalue weighted by atomic mass is 15.3. The Labute approximate surface area is 164 Å². The molecule has 1 fully saturated rings. The molecule has 142 valence electrons. The summed E-state index contributed by atoms with van der Waals surface area (Å²) in [5, 5.41) is 13.3. The van der Waals surface area contributed by atoms with Gasteiger partial charge >= 0.3 is 0 Å². The Morgan fingerprint density at radius 3 is 2.68 bits per heavy atom. The second-order valence-corrected chi connectivity index (χ2v) is 7.36. The summed E-state index contributed by atoms with van der Waals surface area (Å²) in [5.74, 6) is 2.04. The third kappa shape index (κ3) is 3.31. The number of rotatable bonds is 5. The summed E-state index contributed by atoms with van der Waals surface area (Å²) in [6.45, 7) is 3.60. The minimum absolute atomic E-state index is 0.664. The highest BCUT2D eigenvalue weighted by Gasteiger charge is 2.17. The zero-order valence-electron chi connectivity index (χ0n) is 15.9. The molecule has 1 aliphatic heterocycles. The van der Waals surface area contributed by atoms with Crippen LogP contribution in [-0.4, -0.2) is 32.7 Å². The summed E-state index contributed by atoms with van der Waals surface area (Å²) in [4.78, 5) is 7.46. The topological polar surface area (TPSA) is 58.4 Å². The van der Waals surface area contributed by atoms with Gasteiger partial charge in [0.05, 0.1) is 12.1 Å². The van der Waals surface area contributed by atoms with E-state index in [1.807, 2.05) is 28.8 Å². The summed E-state index contributed by atoms with van der Waals surface area (Å²) < 4.78 is 2.02. The van der Waals surface area contributed by atoms with E-state index in [0.717, 1.165) is 42.4 Å². The van der Waals surface area contributed by atoms with Crippen molar-refractivity contribution in [1.82, 2.24) is 24.9 Å². The lowest BCUT2D eigenvalue weighted by Gasteiger charge is -2.30. The van der Waals surface area contributed by atoms with Crippen molar-refractivity contribution in [2.45, 2.75) is 32.4 Å². The molecule has 0 radical (unpaired) electrons. The fraction of sp³-hybridized carbons (Fsp3) is 0.318. The lowest BCUT2D eigenvalue weighted by Crippen LogP contribution is -2.31. The van der Waals surface area contributed by atoms with Gasteiger partial charge in [-0.15, -0.1) is 10.2 Å². The second kappa shape index (κ2) is 7.56. The molecule has 0 amide bonds. The van der Waals surface area contributed by atoms with Gasteiger partial charge in [-0.1, -0.05) is 24.3 Å². The summed E-state index contributed by atoms with van der Waals surface area (Å²) in [6.07, 6.45) is 5.81. The molecule has 0 unspecified atom stereocenters. The molecule has 1 aromatic carbocycles. The number of para-hydroxylation sites is 1. The predicted octanol–water partition coefficient (Wildman–Crippen LogP) is 3.56. The largest absolute Gasteiger partial charge is 0.356 e. The zero-order valence-corrected chi connectivity index (χ0v) is 15.9. The summed E-state index contributed by atoms with van der Waals surface area (Å²) in [5.41, 5.74) is 3.19. The van der Waals surface area contributed by atoms with Gasteiger partial charge < -0.3 is 10.2 Å². The van der Waals surface area contributed by atoms with Gasteiger partial charge in [0.1, 0.15) is 5.82 Å². The van der Waals surface area contributed by atoms with Gasteiger partial charge in [0.15, 0.2) is 11.5 Å². The van der Waals surface area contributed by atoms with E-state index < -0.39 is 0 Å². The minimum atomic E-state index is 0.664. The molecule has 28 heavy (non-hydrogen) atoms. The molecule has 0 saturated carbocycles. The standard InChI is InChI=1S/C22H24N6/c1-5-11-27(12-6-1)22-18(14-17-8-2-3-9-19(17)24-22)15-23-16-21-26-25-20-10-4-7-13-28(20)21/h2-4,7-10,13-14,23H,1,5-6,11-12,15-16H2. The van der Waals surface area contributed by atoms with Crippen LogP contribution in [0, 0.1) is 0 Å². The quantitative estimate of drug-likeness (QED) is 0.580. The van der Waals surface area contributed by atoms with Crippen LogP contribution in [0.1, 0.15) is 30.7 Å². The Bertz CT molecular complexity index is 1100. The van der Waals surface area contributed by atoms with Gasteiger partial charge in [-0.25, -0.2) is 4.98 Å². The molecule has 4 aromatic rings. The molecular formula is C22H24N6. The molecule has 0 bridgehead atoms. The fourth-order valence-corrected chi connectivity index (χ4v) is 3.98. The van der Waals surface area contributed by atoms with Crippen LogP contribution in [0.5, 0.6) is 0 Å². The van der Waals surface area contributed by atoms with Crippen LogP contribution in [0.4, 0.5) is 5.82 Å². The number of piperidine rings is 1. The molecule has 1 aliphatic rings. The Morgan fingerprint density at radius 1 is 0.893 bits per heavy atom. The molecule has 1 saturated heterocycles. The zero-order chi connectivity index (χ0) is 18.8. The molecule has 6 nitrogen and oxygen atoms in total. The van der Waals surface area contributed by atoms with Crippen molar-refractivity contribution in [3.05, 3.63) is 66.1 Å². The van der Waals surface area contributed by atoms with Crippen molar-refractivity contribution in [1.29, 1.82) is 0 Å². The first-order chi connectivity index (χ1) is 13.9. The summed E-state index contributed by atoms with van der Waals surface area (Å²) in [6, 6.07) is 16.6. The normalized spacial score (nSPS) is 14.8. The second-order valence-electron chi connectivity index (χ2n) is 7.36. The van der Waals surface area contributed by atoms with Crippen LogP contribution >= 0.6 is 0 Å². The maximum absolute atomic E-state index is 5.02. The fourth-order valence-electron chi connectivity index (χ4n) is 3.98. The lowest BCUT2D eigenvalue weighted by atomic mass is 10.1. The molecular weight excluding hydrogens is 348 g/mol. The highest BCUT2D eigenvalue weighted by molar-refractivity contribution is 5.81. The SMILES string of the molecule is c1ccc2nc(N3CCCCC3)c(CNCc3nnc4ccccn34)cc2c1. The molecule has 4 heterocycles. The Balaban J connectivity index is 1.40. The first-order valence-electron chi connectivity index (χ1n) is 10.0. The van der Waals surface area contributed by atoms with Crippen LogP contribution < -0.4 is 10.2 Å². The number of anilines is 1. The van der Waals surface area contributed by atoms with E-state index in [1.165, 1.54) is 30.2 Å². The van der Waals surface area contributed by atoms with Crippen LogP contribution in [0.2, 0.25) is 0 Å². The maximum atomic E-state index is 5.02. The number of fused-ring (bicyclic) bond motifs is 2. The number of hydrogen-bond acceptors (Lipinski definition) is 5. The smallest absolute Gasteiger partial charge is 0.160 e. The van der Waals surface area contributed by atoms with Crippen molar-refractivity contribution in [2.75, 3.05) is 18.0 Å². The maximum Gasteiger partial charge on any atom is 0.160 e. The number of pyridine rings is 2. The molecule has 6 heteroatoms. The summed E-state index contributed by atoms with van der Waals surface area (Å²) >= 11 is 0. The lowest BCUT2D eigenvalue weighted by molar-refractivity contribution is 0.569. The van der Waals surface area contributed by atoms with Gasteiger partial charge in [-0.2, -0.15) is 0 Å². The van der Waals surface area contributed by atoms with Crippen LogP contribution in [-0.2, 0) is 13.1 Å². The number of nitrogens with zero attached hydrogens (tertiary/aromatic N) is 5. The Kier molecular flexibility index (Phi) is 4.62. The van der Waals surface area contributed by atoms with Crippen LogP contribution in [0.15, 0.2) is 54.7 Å². The monoisotopic (exact) mass is 372 g/mol. The van der Waals surface area contributed by atoms with E-state index in [9.17, 15) is 0 Å². The van der Waals surface area contributed by atoms with E-state index in [1.54, 1.807) is 0 Å². The molecule has 3 aromatic heterocycles. The van der Waals surface area contributed by atoms with Crippen LogP contribution in [0.3, 0.4) is 0 Å². The number of nitrogens with one attached hydrogen (secondary N) is 1. The molecule has 0 atom stereocenters. The Hall–Kier alpha value is -2.99. The minimum Gasteiger partial charge on any atom is -0.356 e. The highest BCUT2D eigenvalue weighted by Crippen LogP contribution is 2.26. The van der Waals surface area contributed by atoms with E-state index in [2.05, 4.69) is 50.7 Å². The van der Waals surface area contributed by atoms with E-state index in [0.29, 0.717) is 6.54 Å². The molecule has 0 aliphatic carbocycles. The molecule has 5 rings (SSSR count). The Morgan fingerprint density at radius 2 is 1.75 bits per heavy atom. The van der Waals surface area contributed by atoms with Crippen molar-refractivity contribution in [3.63, 3.8) is 0 Å². The average Bonchev–Trinajstić information content (AvgIpc) is 3.17. The van der Waals surface area contributed by atoms with Crippen molar-refractivity contribution in [2.24, 2.45) is 0 Å². The average molecular weight is 372 g/mol. The molecule has 0 spiro atoms. The van der Waals surface area contributed by atoms with Crippen LogP contribution in [0.25, 0.3) is 16.6 Å². The van der Waals surface area contributed by atoms with Gasteiger partial charge in [-0.3, -0.25) is 4.40 Å². The van der Waals surface area contributed by atoms with Crippen molar-refractivity contribution in [3.8, 4) is 0 Å². The third-order valence-corrected chi connectivity index (χ3v) is 5.42. The number of aromatic nitrogens is 4. The third-order valence-electron chi connectivity index (χ3n) is 5.42. The molecule has 1 N–H and O–H groups in total. The van der Waals surface area contributed by atoms with Gasteiger partial charge in [0.2, 0.25) is 0 Å². The van der Waals surface area contributed by atoms with E-state index in [4.69, 9.17) is 4.98 Å². The van der Waals surface area contributed by atoms with E-state index >= 15 is 0 Å². The summed E-state index contributed by atoms with van der Waals surface area (Å²) in [7, 11) is 0. The van der Waals surface area contributed by atoms with Gasteiger partial charge in [-0.05, 0) is 43.5 Å². The van der Waals surface area contributed by atoms with Crippen molar-refractivity contribution >= 4 is 22.4 Å². The number of benzene rings is 1. The van der Waals surface area contributed by atoms with Gasteiger partial charge in [0, 0.05) is 36.8 Å².